The van der Waals surface area contributed by atoms with Gasteiger partial charge in [-0.15, -0.1) is 0 Å². The number of rotatable bonds is 1. The first-order valence-corrected chi connectivity index (χ1v) is 5.18. The van der Waals surface area contributed by atoms with E-state index in [0.717, 1.165) is 11.1 Å². The van der Waals surface area contributed by atoms with Crippen molar-refractivity contribution >= 4 is 10.1 Å². The van der Waals surface area contributed by atoms with E-state index in [-0.39, 0.29) is 4.90 Å². The van der Waals surface area contributed by atoms with Crippen molar-refractivity contribution in [3.63, 3.8) is 0 Å². The van der Waals surface area contributed by atoms with Crippen LogP contribution in [-0.4, -0.2) is 13.0 Å². The summed E-state index contributed by atoms with van der Waals surface area (Å²) in [5.41, 5.74) is 1.81. The van der Waals surface area contributed by atoms with Crippen LogP contribution in [0, 0.1) is 0 Å². The third kappa shape index (κ3) is 1.58. The first kappa shape index (κ1) is 8.68. The van der Waals surface area contributed by atoms with Gasteiger partial charge in [0.1, 0.15) is 0 Å². The van der Waals surface area contributed by atoms with E-state index in [9.17, 15) is 8.42 Å². The minimum Gasteiger partial charge on any atom is -0.372 e. The molecule has 0 fully saturated rings. The lowest BCUT2D eigenvalue weighted by molar-refractivity contribution is 0.134. The third-order valence-electron chi connectivity index (χ3n) is 1.99. The maximum atomic E-state index is 10.7. The van der Waals surface area contributed by atoms with Gasteiger partial charge in [-0.1, -0.05) is 6.07 Å². The molecule has 0 bridgehead atoms. The van der Waals surface area contributed by atoms with Gasteiger partial charge in [0.25, 0.3) is 10.1 Å². The second-order valence-electron chi connectivity index (χ2n) is 2.90. The molecule has 1 N–H and O–H groups in total. The molecule has 70 valence electrons. The Morgan fingerprint density at radius 2 is 1.92 bits per heavy atom. The molecule has 4 nitrogen and oxygen atoms in total. The van der Waals surface area contributed by atoms with Crippen molar-refractivity contribution in [2.75, 3.05) is 0 Å². The molecule has 0 saturated carbocycles. The highest BCUT2D eigenvalue weighted by molar-refractivity contribution is 7.85. The van der Waals surface area contributed by atoms with Gasteiger partial charge in [-0.3, -0.25) is 4.55 Å². The van der Waals surface area contributed by atoms with Crippen LogP contribution in [0.5, 0.6) is 0 Å². The van der Waals surface area contributed by atoms with E-state index in [0.29, 0.717) is 13.2 Å². The molecular weight excluding hydrogens is 192 g/mol. The summed E-state index contributed by atoms with van der Waals surface area (Å²) in [5.74, 6) is 0. The molecule has 0 atom stereocenters. The summed E-state index contributed by atoms with van der Waals surface area (Å²) >= 11 is 0. The first-order chi connectivity index (χ1) is 6.07. The summed E-state index contributed by atoms with van der Waals surface area (Å²) in [6.07, 6.45) is 0. The van der Waals surface area contributed by atoms with Crippen LogP contribution >= 0.6 is 0 Å². The van der Waals surface area contributed by atoms with Gasteiger partial charge in [-0.2, -0.15) is 8.42 Å². The summed E-state index contributed by atoms with van der Waals surface area (Å²) in [4.78, 5) is -0.0725. The van der Waals surface area contributed by atoms with E-state index < -0.39 is 10.1 Å². The lowest BCUT2D eigenvalue weighted by Gasteiger charge is -1.99. The Morgan fingerprint density at radius 1 is 1.23 bits per heavy atom. The molecule has 0 saturated heterocycles. The summed E-state index contributed by atoms with van der Waals surface area (Å²) in [7, 11) is -4.08. The van der Waals surface area contributed by atoms with Crippen molar-refractivity contribution < 1.29 is 17.7 Å². The Bertz CT molecular complexity index is 435. The van der Waals surface area contributed by atoms with Gasteiger partial charge in [0.15, 0.2) is 0 Å². The van der Waals surface area contributed by atoms with Gasteiger partial charge in [0.05, 0.1) is 18.1 Å². The van der Waals surface area contributed by atoms with Crippen molar-refractivity contribution in [3.05, 3.63) is 29.3 Å². The lowest BCUT2D eigenvalue weighted by Crippen LogP contribution is -1.98. The van der Waals surface area contributed by atoms with Crippen LogP contribution in [0.2, 0.25) is 0 Å². The summed E-state index contributed by atoms with van der Waals surface area (Å²) in [6.45, 7) is 0.930. The van der Waals surface area contributed by atoms with Crippen molar-refractivity contribution in [1.29, 1.82) is 0 Å². The molecular formula is C8H8O4S. The van der Waals surface area contributed by atoms with Gasteiger partial charge in [-0.25, -0.2) is 0 Å². The molecule has 1 aromatic carbocycles. The van der Waals surface area contributed by atoms with Crippen LogP contribution in [0.3, 0.4) is 0 Å². The maximum absolute atomic E-state index is 10.7. The van der Waals surface area contributed by atoms with E-state index >= 15 is 0 Å². The molecule has 0 spiro atoms. The Labute approximate surface area is 75.9 Å². The minimum atomic E-state index is -4.08. The molecule has 5 heteroatoms. The zero-order chi connectivity index (χ0) is 9.47. The molecule has 1 aliphatic heterocycles. The van der Waals surface area contributed by atoms with Crippen LogP contribution in [0.1, 0.15) is 11.1 Å². The third-order valence-corrected chi connectivity index (χ3v) is 2.84. The molecule has 0 amide bonds. The van der Waals surface area contributed by atoms with Crippen LogP contribution in [0.4, 0.5) is 0 Å². The van der Waals surface area contributed by atoms with Crippen molar-refractivity contribution in [2.45, 2.75) is 18.1 Å². The molecule has 1 heterocycles. The quantitative estimate of drug-likeness (QED) is 0.686. The number of fused-ring (bicyclic) bond motifs is 1. The number of ether oxygens (including phenoxy) is 1. The van der Waals surface area contributed by atoms with Crippen molar-refractivity contribution in [3.8, 4) is 0 Å². The monoisotopic (exact) mass is 200 g/mol. The van der Waals surface area contributed by atoms with E-state index in [2.05, 4.69) is 0 Å². The normalized spacial score (nSPS) is 15.8. The average Bonchev–Trinajstić information content (AvgIpc) is 2.47. The highest BCUT2D eigenvalue weighted by Gasteiger charge is 2.15. The predicted octanol–water partition coefficient (Wildman–Crippen LogP) is 0.964. The van der Waals surface area contributed by atoms with Gasteiger partial charge < -0.3 is 4.74 Å². The zero-order valence-electron chi connectivity index (χ0n) is 6.73. The largest absolute Gasteiger partial charge is 0.372 e. The summed E-state index contributed by atoms with van der Waals surface area (Å²) in [5, 5.41) is 0. The minimum absolute atomic E-state index is 0.0725. The van der Waals surface area contributed by atoms with E-state index in [1.807, 2.05) is 0 Å². The Hall–Kier alpha value is -0.910. The van der Waals surface area contributed by atoms with Crippen molar-refractivity contribution in [2.24, 2.45) is 0 Å². The van der Waals surface area contributed by atoms with E-state index in [1.165, 1.54) is 12.1 Å². The van der Waals surface area contributed by atoms with Gasteiger partial charge >= 0.3 is 0 Å². The molecule has 2 rings (SSSR count). The molecule has 0 radical (unpaired) electrons. The number of benzene rings is 1. The van der Waals surface area contributed by atoms with E-state index in [4.69, 9.17) is 9.29 Å². The topological polar surface area (TPSA) is 63.6 Å². The SMILES string of the molecule is O=S(=O)(O)c1ccc2c(c1)COC2. The van der Waals surface area contributed by atoms with Gasteiger partial charge in [0, 0.05) is 0 Å². The van der Waals surface area contributed by atoms with Crippen LogP contribution < -0.4 is 0 Å². The fraction of sp³-hybridized carbons (Fsp3) is 0.250. The summed E-state index contributed by atoms with van der Waals surface area (Å²) < 4.78 is 35.4. The highest BCUT2D eigenvalue weighted by atomic mass is 32.2. The molecule has 0 aliphatic carbocycles. The lowest BCUT2D eigenvalue weighted by atomic mass is 10.1. The second-order valence-corrected chi connectivity index (χ2v) is 4.32. The maximum Gasteiger partial charge on any atom is 0.294 e. The van der Waals surface area contributed by atoms with Gasteiger partial charge in [0.2, 0.25) is 0 Å². The first-order valence-electron chi connectivity index (χ1n) is 3.74. The van der Waals surface area contributed by atoms with Crippen LogP contribution in [-0.2, 0) is 28.1 Å². The molecule has 0 aromatic heterocycles. The van der Waals surface area contributed by atoms with Crippen molar-refractivity contribution in [1.82, 2.24) is 0 Å². The molecule has 1 aliphatic rings. The molecule has 0 unspecified atom stereocenters. The standard InChI is InChI=1S/C8H8O4S/c9-13(10,11)8-2-1-6-4-12-5-7(6)3-8/h1-3H,4-5H2,(H,9,10,11). The van der Waals surface area contributed by atoms with Gasteiger partial charge in [-0.05, 0) is 23.3 Å². The molecule has 1 aromatic rings. The van der Waals surface area contributed by atoms with Crippen LogP contribution in [0.25, 0.3) is 0 Å². The smallest absolute Gasteiger partial charge is 0.294 e. The van der Waals surface area contributed by atoms with E-state index in [1.54, 1.807) is 6.07 Å². The Kier molecular flexibility index (Phi) is 1.87. The molecule has 13 heavy (non-hydrogen) atoms. The Balaban J connectivity index is 2.54. The number of hydrogen-bond acceptors (Lipinski definition) is 3. The zero-order valence-corrected chi connectivity index (χ0v) is 7.54. The fourth-order valence-electron chi connectivity index (χ4n) is 1.31. The average molecular weight is 200 g/mol. The predicted molar refractivity (Wildman–Crippen MR) is 44.7 cm³/mol. The van der Waals surface area contributed by atoms with Crippen LogP contribution in [0.15, 0.2) is 23.1 Å². The number of hydrogen-bond donors (Lipinski definition) is 1. The Morgan fingerprint density at radius 3 is 2.62 bits per heavy atom. The highest BCUT2D eigenvalue weighted by Crippen LogP contribution is 2.22. The summed E-state index contributed by atoms with van der Waals surface area (Å²) in [6, 6.07) is 4.48. The fourth-order valence-corrected chi connectivity index (χ4v) is 1.84. The second kappa shape index (κ2) is 2.80.